The molecule has 0 radical (unpaired) electrons. The van der Waals surface area contributed by atoms with E-state index in [0.29, 0.717) is 31.0 Å². The van der Waals surface area contributed by atoms with E-state index in [-0.39, 0.29) is 17.7 Å². The van der Waals surface area contributed by atoms with Crippen LogP contribution in [0.4, 0.5) is 19.0 Å². The van der Waals surface area contributed by atoms with Crippen LogP contribution >= 0.6 is 0 Å². The zero-order chi connectivity index (χ0) is 17.5. The number of rotatable bonds is 2. The first-order chi connectivity index (χ1) is 11.3. The summed E-state index contributed by atoms with van der Waals surface area (Å²) in [6, 6.07) is 1.64. The zero-order valence-electron chi connectivity index (χ0n) is 13.2. The van der Waals surface area contributed by atoms with Gasteiger partial charge in [0.25, 0.3) is 11.6 Å². The second-order valence-electron chi connectivity index (χ2n) is 5.71. The van der Waals surface area contributed by atoms with Crippen LogP contribution in [0.3, 0.4) is 0 Å². The quantitative estimate of drug-likeness (QED) is 0.775. The van der Waals surface area contributed by atoms with Crippen molar-refractivity contribution in [2.24, 2.45) is 5.92 Å². The lowest BCUT2D eigenvalue weighted by molar-refractivity contribution is -0.146. The van der Waals surface area contributed by atoms with Gasteiger partial charge in [-0.15, -0.1) is 5.10 Å². The van der Waals surface area contributed by atoms with Crippen LogP contribution in [0.5, 0.6) is 0 Å². The van der Waals surface area contributed by atoms with Crippen LogP contribution in [0.2, 0.25) is 0 Å². The average molecular weight is 343 g/mol. The van der Waals surface area contributed by atoms with Gasteiger partial charge in [-0.2, -0.15) is 22.7 Å². The number of methoxy groups -OCH3 is 1. The summed E-state index contributed by atoms with van der Waals surface area (Å²) >= 11 is 0. The molecule has 1 fully saturated rings. The van der Waals surface area contributed by atoms with E-state index in [2.05, 4.69) is 15.1 Å². The first kappa shape index (κ1) is 16.5. The van der Waals surface area contributed by atoms with Gasteiger partial charge in [0, 0.05) is 24.8 Å². The standard InChI is InChI=1S/C14H16F3N5O2/c1-8-6-10(21-5-3-4-9(7-21)11(23)24-2)22-13(18-8)19-12(20-22)14(15,16)17/h6,9H,3-5,7H2,1-2H3/t9-/m1/s1. The molecule has 1 aliphatic rings. The van der Waals surface area contributed by atoms with Gasteiger partial charge in [-0.25, -0.2) is 4.98 Å². The van der Waals surface area contributed by atoms with Crippen molar-refractivity contribution in [3.8, 4) is 0 Å². The van der Waals surface area contributed by atoms with Crippen LogP contribution in [-0.2, 0) is 15.7 Å². The highest BCUT2D eigenvalue weighted by atomic mass is 19.4. The predicted molar refractivity (Wildman–Crippen MR) is 77.5 cm³/mol. The smallest absolute Gasteiger partial charge is 0.453 e. The highest BCUT2D eigenvalue weighted by Gasteiger charge is 2.37. The second-order valence-corrected chi connectivity index (χ2v) is 5.71. The number of hydrogen-bond donors (Lipinski definition) is 0. The molecule has 0 N–H and O–H groups in total. The highest BCUT2D eigenvalue weighted by molar-refractivity contribution is 5.73. The molecule has 0 amide bonds. The molecular weight excluding hydrogens is 327 g/mol. The molecule has 130 valence electrons. The molecule has 2 aromatic heterocycles. The number of piperidine rings is 1. The second kappa shape index (κ2) is 5.91. The summed E-state index contributed by atoms with van der Waals surface area (Å²) in [5.74, 6) is -1.55. The molecule has 7 nitrogen and oxygen atoms in total. The summed E-state index contributed by atoms with van der Waals surface area (Å²) in [5, 5.41) is 3.55. The number of fused-ring (bicyclic) bond motifs is 1. The summed E-state index contributed by atoms with van der Waals surface area (Å²) in [4.78, 5) is 21.1. The Hall–Kier alpha value is -2.39. The van der Waals surface area contributed by atoms with E-state index in [0.717, 1.165) is 10.9 Å². The summed E-state index contributed by atoms with van der Waals surface area (Å²) in [5.41, 5.74) is 0.527. The van der Waals surface area contributed by atoms with Gasteiger partial charge in [0.05, 0.1) is 13.0 Å². The summed E-state index contributed by atoms with van der Waals surface area (Å²) in [7, 11) is 1.32. The maximum atomic E-state index is 12.9. The van der Waals surface area contributed by atoms with E-state index >= 15 is 0 Å². The maximum absolute atomic E-state index is 12.9. The minimum Gasteiger partial charge on any atom is -0.469 e. The first-order valence-corrected chi connectivity index (χ1v) is 7.44. The fourth-order valence-electron chi connectivity index (χ4n) is 2.86. The molecule has 2 aromatic rings. The van der Waals surface area contributed by atoms with Gasteiger partial charge in [-0.3, -0.25) is 4.79 Å². The topological polar surface area (TPSA) is 72.6 Å². The monoisotopic (exact) mass is 343 g/mol. The van der Waals surface area contributed by atoms with Crippen molar-refractivity contribution in [3.63, 3.8) is 0 Å². The third-order valence-electron chi connectivity index (χ3n) is 3.95. The van der Waals surface area contributed by atoms with Crippen molar-refractivity contribution >= 4 is 17.6 Å². The fraction of sp³-hybridized carbons (Fsp3) is 0.571. The van der Waals surface area contributed by atoms with Gasteiger partial charge < -0.3 is 9.64 Å². The molecular formula is C14H16F3N5O2. The van der Waals surface area contributed by atoms with Gasteiger partial charge in [-0.1, -0.05) is 0 Å². The van der Waals surface area contributed by atoms with Crippen molar-refractivity contribution in [3.05, 3.63) is 17.6 Å². The first-order valence-electron chi connectivity index (χ1n) is 7.44. The summed E-state index contributed by atoms with van der Waals surface area (Å²) in [6.07, 6.45) is -3.24. The number of anilines is 1. The third-order valence-corrected chi connectivity index (χ3v) is 3.95. The Labute approximate surface area is 135 Å². The number of alkyl halides is 3. The van der Waals surface area contributed by atoms with Gasteiger partial charge in [-0.05, 0) is 19.8 Å². The Kier molecular flexibility index (Phi) is 4.06. The molecule has 1 saturated heterocycles. The SMILES string of the molecule is COC(=O)[C@@H]1CCCN(c2cc(C)nc3nc(C(F)(F)F)nn23)C1. The molecule has 10 heteroatoms. The molecule has 0 spiro atoms. The predicted octanol–water partition coefficient (Wildman–Crippen LogP) is 1.84. The Balaban J connectivity index is 2.02. The summed E-state index contributed by atoms with van der Waals surface area (Å²) in [6.45, 7) is 2.63. The molecule has 24 heavy (non-hydrogen) atoms. The van der Waals surface area contributed by atoms with E-state index in [1.54, 1.807) is 13.0 Å². The number of aromatic nitrogens is 4. The Morgan fingerprint density at radius 3 is 2.79 bits per heavy atom. The lowest BCUT2D eigenvalue weighted by Crippen LogP contribution is -2.40. The molecule has 3 rings (SSSR count). The molecule has 1 aliphatic heterocycles. The average Bonchev–Trinajstić information content (AvgIpc) is 2.97. The zero-order valence-corrected chi connectivity index (χ0v) is 13.2. The Morgan fingerprint density at radius 1 is 1.38 bits per heavy atom. The normalized spacial score (nSPS) is 18.9. The van der Waals surface area contributed by atoms with E-state index < -0.39 is 12.0 Å². The van der Waals surface area contributed by atoms with Crippen molar-refractivity contribution in [1.82, 2.24) is 19.6 Å². The van der Waals surface area contributed by atoms with E-state index in [1.807, 2.05) is 4.90 Å². The summed E-state index contributed by atoms with van der Waals surface area (Å²) < 4.78 is 44.5. The van der Waals surface area contributed by atoms with E-state index in [1.165, 1.54) is 7.11 Å². The molecule has 1 atom stereocenters. The highest BCUT2D eigenvalue weighted by Crippen LogP contribution is 2.29. The molecule has 0 saturated carbocycles. The molecule has 0 unspecified atom stereocenters. The molecule has 0 aromatic carbocycles. The Morgan fingerprint density at radius 2 is 2.12 bits per heavy atom. The lowest BCUT2D eigenvalue weighted by atomic mass is 9.98. The minimum absolute atomic E-state index is 0.113. The van der Waals surface area contributed by atoms with E-state index in [9.17, 15) is 18.0 Å². The number of hydrogen-bond acceptors (Lipinski definition) is 6. The van der Waals surface area contributed by atoms with Gasteiger partial charge in [0.15, 0.2) is 0 Å². The van der Waals surface area contributed by atoms with Gasteiger partial charge >= 0.3 is 12.1 Å². The van der Waals surface area contributed by atoms with Gasteiger partial charge in [0.1, 0.15) is 5.82 Å². The largest absolute Gasteiger partial charge is 0.469 e. The third kappa shape index (κ3) is 3.00. The van der Waals surface area contributed by atoms with Crippen LogP contribution in [0.15, 0.2) is 6.07 Å². The number of nitrogens with zero attached hydrogens (tertiary/aromatic N) is 5. The number of ether oxygens (including phenoxy) is 1. The van der Waals surface area contributed by atoms with Crippen LogP contribution < -0.4 is 4.90 Å². The number of aryl methyl sites for hydroxylation is 1. The number of halogens is 3. The van der Waals surface area contributed by atoms with Crippen LogP contribution in [0.1, 0.15) is 24.4 Å². The molecule has 0 bridgehead atoms. The van der Waals surface area contributed by atoms with Gasteiger partial charge in [0.2, 0.25) is 0 Å². The molecule has 3 heterocycles. The van der Waals surface area contributed by atoms with Crippen molar-refractivity contribution < 1.29 is 22.7 Å². The number of carbonyl (C=O) groups is 1. The van der Waals surface area contributed by atoms with Crippen LogP contribution in [0, 0.1) is 12.8 Å². The fourth-order valence-corrected chi connectivity index (χ4v) is 2.86. The van der Waals surface area contributed by atoms with E-state index in [4.69, 9.17) is 4.74 Å². The number of carbonyl (C=O) groups excluding carboxylic acids is 1. The van der Waals surface area contributed by atoms with Crippen LogP contribution in [-0.4, -0.2) is 45.8 Å². The lowest BCUT2D eigenvalue weighted by Gasteiger charge is -2.32. The minimum atomic E-state index is -4.64. The Bertz CT molecular complexity index is 774. The van der Waals surface area contributed by atoms with Crippen LogP contribution in [0.25, 0.3) is 5.78 Å². The molecule has 0 aliphatic carbocycles. The van der Waals surface area contributed by atoms with Crippen molar-refractivity contribution in [2.45, 2.75) is 25.9 Å². The van der Waals surface area contributed by atoms with Crippen molar-refractivity contribution in [2.75, 3.05) is 25.1 Å². The number of esters is 1. The van der Waals surface area contributed by atoms with Crippen molar-refractivity contribution in [1.29, 1.82) is 0 Å². The maximum Gasteiger partial charge on any atom is 0.453 e.